The van der Waals surface area contributed by atoms with Crippen LogP contribution in [0.2, 0.25) is 0 Å². The molecule has 1 aromatic rings. The second-order valence-corrected chi connectivity index (χ2v) is 5.52. The fourth-order valence-corrected chi connectivity index (χ4v) is 2.11. The molecule has 0 bridgehead atoms. The highest BCUT2D eigenvalue weighted by atomic mass is 16.1. The van der Waals surface area contributed by atoms with Crippen LogP contribution in [-0.2, 0) is 11.2 Å². The van der Waals surface area contributed by atoms with E-state index in [1.54, 1.807) is 0 Å². The Balaban J connectivity index is 2.28. The Morgan fingerprint density at radius 2 is 1.94 bits per heavy atom. The van der Waals surface area contributed by atoms with Crippen LogP contribution in [0.3, 0.4) is 0 Å². The third-order valence-corrected chi connectivity index (χ3v) is 2.80. The number of carbonyl (C=O) groups is 1. The number of amides is 1. The summed E-state index contributed by atoms with van der Waals surface area (Å²) < 4.78 is 0. The Hall–Kier alpha value is -1.57. The summed E-state index contributed by atoms with van der Waals surface area (Å²) in [5.41, 5.74) is 2.99. The molecule has 1 amide bonds. The average Bonchev–Trinajstić information content (AvgIpc) is 2.26. The minimum absolute atomic E-state index is 0.0321. The number of hydrogen-bond donors (Lipinski definition) is 1. The molecule has 2 heteroatoms. The maximum Gasteiger partial charge on any atom is 0.251 e. The van der Waals surface area contributed by atoms with Gasteiger partial charge in [-0.05, 0) is 44.7 Å². The molecule has 0 atom stereocenters. The molecule has 17 heavy (non-hydrogen) atoms. The van der Waals surface area contributed by atoms with E-state index in [0.717, 1.165) is 24.0 Å². The molecule has 0 spiro atoms. The second kappa shape index (κ2) is 4.36. The molecule has 0 unspecified atom stereocenters. The molecule has 2 rings (SSSR count). The maximum atomic E-state index is 12.2. The number of allylic oxidation sites excluding steroid dienone is 1. The summed E-state index contributed by atoms with van der Waals surface area (Å²) in [6.07, 6.45) is 4.02. The summed E-state index contributed by atoms with van der Waals surface area (Å²) >= 11 is 0. The van der Waals surface area contributed by atoms with E-state index in [9.17, 15) is 4.79 Å². The molecular weight excluding hydrogens is 210 g/mol. The van der Waals surface area contributed by atoms with E-state index >= 15 is 0 Å². The number of hydrogen-bond acceptors (Lipinski definition) is 1. The minimum Gasteiger partial charge on any atom is -0.347 e. The van der Waals surface area contributed by atoms with Gasteiger partial charge in [0.15, 0.2) is 0 Å². The van der Waals surface area contributed by atoms with Gasteiger partial charge in [0.05, 0.1) is 0 Å². The molecule has 0 aliphatic heterocycles. The Bertz CT molecular complexity index is 466. The first-order valence-electron chi connectivity index (χ1n) is 6.08. The van der Waals surface area contributed by atoms with Crippen molar-refractivity contribution in [1.29, 1.82) is 0 Å². The van der Waals surface area contributed by atoms with Crippen molar-refractivity contribution in [3.05, 3.63) is 41.5 Å². The number of carbonyl (C=O) groups excluding carboxylic acids is 1. The molecule has 0 fully saturated rings. The number of fused-ring (bicyclic) bond motifs is 1. The molecule has 1 N–H and O–H groups in total. The average molecular weight is 229 g/mol. The molecule has 0 aromatic heterocycles. The van der Waals surface area contributed by atoms with Crippen molar-refractivity contribution in [3.63, 3.8) is 0 Å². The summed E-state index contributed by atoms with van der Waals surface area (Å²) in [6, 6.07) is 8.15. The Morgan fingerprint density at radius 1 is 1.24 bits per heavy atom. The van der Waals surface area contributed by atoms with Crippen molar-refractivity contribution < 1.29 is 4.79 Å². The van der Waals surface area contributed by atoms with Gasteiger partial charge in [0.2, 0.25) is 0 Å². The Labute approximate surface area is 103 Å². The van der Waals surface area contributed by atoms with Gasteiger partial charge < -0.3 is 5.32 Å². The molecular formula is C15H19NO. The van der Waals surface area contributed by atoms with Crippen LogP contribution < -0.4 is 5.32 Å². The summed E-state index contributed by atoms with van der Waals surface area (Å²) in [4.78, 5) is 12.2. The predicted molar refractivity (Wildman–Crippen MR) is 70.6 cm³/mol. The van der Waals surface area contributed by atoms with Crippen molar-refractivity contribution in [2.45, 2.75) is 39.2 Å². The Kier molecular flexibility index (Phi) is 3.05. The smallest absolute Gasteiger partial charge is 0.251 e. The van der Waals surface area contributed by atoms with Crippen LogP contribution in [0.1, 0.15) is 38.3 Å². The van der Waals surface area contributed by atoms with Crippen LogP contribution in [0, 0.1) is 0 Å². The highest BCUT2D eigenvalue weighted by Gasteiger charge is 2.21. The van der Waals surface area contributed by atoms with E-state index in [1.165, 1.54) is 5.56 Å². The van der Waals surface area contributed by atoms with E-state index in [0.29, 0.717) is 0 Å². The van der Waals surface area contributed by atoms with Gasteiger partial charge in [0.25, 0.3) is 5.91 Å². The first kappa shape index (κ1) is 11.9. The summed E-state index contributed by atoms with van der Waals surface area (Å²) in [6.45, 7) is 6.00. The lowest BCUT2D eigenvalue weighted by atomic mass is 9.90. The highest BCUT2D eigenvalue weighted by molar-refractivity contribution is 6.20. The summed E-state index contributed by atoms with van der Waals surface area (Å²) in [5, 5.41) is 3.02. The quantitative estimate of drug-likeness (QED) is 0.788. The van der Waals surface area contributed by atoms with Gasteiger partial charge in [-0.1, -0.05) is 30.3 Å². The third kappa shape index (κ3) is 2.76. The van der Waals surface area contributed by atoms with Crippen molar-refractivity contribution in [2.75, 3.05) is 0 Å². The van der Waals surface area contributed by atoms with Gasteiger partial charge in [-0.2, -0.15) is 0 Å². The molecule has 0 heterocycles. The zero-order valence-electron chi connectivity index (χ0n) is 10.7. The molecule has 2 nitrogen and oxygen atoms in total. The molecule has 0 radical (unpaired) electrons. The highest BCUT2D eigenvalue weighted by Crippen LogP contribution is 2.26. The molecule has 0 saturated heterocycles. The third-order valence-electron chi connectivity index (χ3n) is 2.80. The zero-order valence-corrected chi connectivity index (χ0v) is 10.7. The van der Waals surface area contributed by atoms with Crippen LogP contribution >= 0.6 is 0 Å². The lowest BCUT2D eigenvalue weighted by molar-refractivity contribution is -0.116. The molecule has 90 valence electrons. The first-order chi connectivity index (χ1) is 7.97. The van der Waals surface area contributed by atoms with Crippen LogP contribution in [0.4, 0.5) is 0 Å². The lowest BCUT2D eigenvalue weighted by Gasteiger charge is -2.24. The van der Waals surface area contributed by atoms with Gasteiger partial charge >= 0.3 is 0 Å². The number of nitrogens with one attached hydrogen (secondary N) is 1. The van der Waals surface area contributed by atoms with Crippen LogP contribution in [0.25, 0.3) is 5.57 Å². The Morgan fingerprint density at radius 3 is 2.65 bits per heavy atom. The number of rotatable bonds is 1. The van der Waals surface area contributed by atoms with Crippen LogP contribution in [0.15, 0.2) is 30.3 Å². The fourth-order valence-electron chi connectivity index (χ4n) is 2.11. The van der Waals surface area contributed by atoms with Gasteiger partial charge in [0.1, 0.15) is 0 Å². The largest absolute Gasteiger partial charge is 0.347 e. The summed E-state index contributed by atoms with van der Waals surface area (Å²) in [7, 11) is 0. The standard InChI is InChI=1S/C15H19NO/c1-15(2,3)16-14(17)13-10-6-8-11-7-4-5-9-12(11)13/h4-5,7,9-10H,6,8H2,1-3H3,(H,16,17). The van der Waals surface area contributed by atoms with E-state index in [2.05, 4.69) is 11.4 Å². The molecule has 0 saturated carbocycles. The molecule has 1 aliphatic rings. The monoisotopic (exact) mass is 229 g/mol. The normalized spacial score (nSPS) is 14.9. The van der Waals surface area contributed by atoms with Crippen molar-refractivity contribution in [1.82, 2.24) is 5.32 Å². The molecule has 1 aliphatic carbocycles. The zero-order chi connectivity index (χ0) is 12.5. The van der Waals surface area contributed by atoms with Crippen LogP contribution in [0.5, 0.6) is 0 Å². The first-order valence-corrected chi connectivity index (χ1v) is 6.08. The fraction of sp³-hybridized carbons (Fsp3) is 0.400. The SMILES string of the molecule is CC(C)(C)NC(=O)C1=CCCc2ccccc21. The van der Waals surface area contributed by atoms with Gasteiger partial charge in [-0.15, -0.1) is 0 Å². The van der Waals surface area contributed by atoms with Crippen molar-refractivity contribution in [3.8, 4) is 0 Å². The van der Waals surface area contributed by atoms with Crippen LogP contribution in [-0.4, -0.2) is 11.4 Å². The number of aryl methyl sites for hydroxylation is 1. The van der Waals surface area contributed by atoms with Crippen molar-refractivity contribution in [2.24, 2.45) is 0 Å². The van der Waals surface area contributed by atoms with E-state index in [4.69, 9.17) is 0 Å². The maximum absolute atomic E-state index is 12.2. The van der Waals surface area contributed by atoms with E-state index in [-0.39, 0.29) is 11.4 Å². The van der Waals surface area contributed by atoms with E-state index < -0.39 is 0 Å². The summed E-state index contributed by atoms with van der Waals surface area (Å²) in [5.74, 6) is 0.0321. The van der Waals surface area contributed by atoms with Crippen molar-refractivity contribution >= 4 is 11.5 Å². The lowest BCUT2D eigenvalue weighted by Crippen LogP contribution is -2.41. The predicted octanol–water partition coefficient (Wildman–Crippen LogP) is 2.93. The molecule has 1 aromatic carbocycles. The van der Waals surface area contributed by atoms with Gasteiger partial charge in [-0.3, -0.25) is 4.79 Å². The second-order valence-electron chi connectivity index (χ2n) is 5.52. The minimum atomic E-state index is -0.190. The van der Waals surface area contributed by atoms with E-state index in [1.807, 2.05) is 45.0 Å². The van der Waals surface area contributed by atoms with Gasteiger partial charge in [-0.25, -0.2) is 0 Å². The van der Waals surface area contributed by atoms with Gasteiger partial charge in [0, 0.05) is 11.1 Å². The topological polar surface area (TPSA) is 29.1 Å². The number of benzene rings is 1.